The molecule has 31 heavy (non-hydrogen) atoms. The highest BCUT2D eigenvalue weighted by atomic mass is 16.5. The number of Topliss-reactive ketones (excluding diaryl/α,β-unsaturated/α-hetero) is 1. The number of benzene rings is 1. The molecule has 2 spiro atoms. The summed E-state index contributed by atoms with van der Waals surface area (Å²) in [6.45, 7) is 2.53. The van der Waals surface area contributed by atoms with Gasteiger partial charge in [0.1, 0.15) is 5.78 Å². The van der Waals surface area contributed by atoms with Crippen molar-refractivity contribution in [2.24, 2.45) is 17.3 Å². The molecule has 2 bridgehead atoms. The van der Waals surface area contributed by atoms with E-state index in [1.807, 2.05) is 12.4 Å². The van der Waals surface area contributed by atoms with Crippen LogP contribution in [0.1, 0.15) is 76.2 Å². The third kappa shape index (κ3) is 2.34. The SMILES string of the molecule is CC12CC=C3CC4CCC(=O)C[C@]45CC[C@]3(O5)[C@@H]1CCC2c1ccc2ccncc2c1. The molecule has 0 amide bonds. The monoisotopic (exact) mass is 413 g/mol. The average Bonchev–Trinajstić information content (AvgIpc) is 3.28. The Morgan fingerprint density at radius 2 is 2.03 bits per heavy atom. The Morgan fingerprint density at radius 1 is 1.10 bits per heavy atom. The molecule has 0 radical (unpaired) electrons. The van der Waals surface area contributed by atoms with E-state index in [1.54, 1.807) is 5.57 Å². The van der Waals surface area contributed by atoms with Crippen molar-refractivity contribution in [3.63, 3.8) is 0 Å². The molecule has 7 rings (SSSR count). The number of ether oxygens (including phenoxy) is 1. The zero-order valence-corrected chi connectivity index (χ0v) is 18.4. The van der Waals surface area contributed by atoms with Crippen LogP contribution in [0, 0.1) is 17.3 Å². The van der Waals surface area contributed by atoms with E-state index in [-0.39, 0.29) is 16.6 Å². The van der Waals surface area contributed by atoms with E-state index < -0.39 is 0 Å². The Morgan fingerprint density at radius 3 is 2.97 bits per heavy atom. The molecule has 4 fully saturated rings. The number of allylic oxidation sites excluding steroid dienone is 1. The highest BCUT2D eigenvalue weighted by Crippen LogP contribution is 2.70. The quantitative estimate of drug-likeness (QED) is 0.528. The summed E-state index contributed by atoms with van der Waals surface area (Å²) in [5, 5.41) is 2.51. The number of rotatable bonds is 1. The smallest absolute Gasteiger partial charge is 0.135 e. The number of ketones is 1. The summed E-state index contributed by atoms with van der Waals surface area (Å²) < 4.78 is 7.19. The molecule has 3 aliphatic carbocycles. The van der Waals surface area contributed by atoms with Gasteiger partial charge >= 0.3 is 0 Å². The highest BCUT2D eigenvalue weighted by molar-refractivity contribution is 5.82. The fourth-order valence-electron chi connectivity index (χ4n) is 8.61. The van der Waals surface area contributed by atoms with Crippen LogP contribution in [0.25, 0.3) is 10.8 Å². The lowest BCUT2D eigenvalue weighted by molar-refractivity contribution is -0.192. The number of hydrogen-bond acceptors (Lipinski definition) is 3. The molecule has 3 heteroatoms. The minimum Gasteiger partial charge on any atom is -0.363 e. The first-order chi connectivity index (χ1) is 15.0. The van der Waals surface area contributed by atoms with Gasteiger partial charge in [-0.2, -0.15) is 0 Å². The lowest BCUT2D eigenvalue weighted by atomic mass is 9.57. The number of pyridine rings is 1. The first-order valence-corrected chi connectivity index (χ1v) is 12.3. The van der Waals surface area contributed by atoms with E-state index in [2.05, 4.69) is 42.2 Å². The third-order valence-corrected chi connectivity index (χ3v) is 10.1. The molecule has 2 aliphatic heterocycles. The second-order valence-electron chi connectivity index (χ2n) is 11.3. The summed E-state index contributed by atoms with van der Waals surface area (Å²) >= 11 is 0. The molecule has 0 N–H and O–H groups in total. The van der Waals surface area contributed by atoms with Crippen LogP contribution in [0.5, 0.6) is 0 Å². The maximum atomic E-state index is 12.4. The summed E-state index contributed by atoms with van der Waals surface area (Å²) in [6.07, 6.45) is 15.9. The molecule has 3 heterocycles. The van der Waals surface area contributed by atoms with Crippen LogP contribution in [0.2, 0.25) is 0 Å². The minimum absolute atomic E-state index is 0.103. The molecule has 2 aromatic rings. The first kappa shape index (κ1) is 18.6. The highest BCUT2D eigenvalue weighted by Gasteiger charge is 2.68. The van der Waals surface area contributed by atoms with Gasteiger partial charge in [-0.15, -0.1) is 0 Å². The topological polar surface area (TPSA) is 39.2 Å². The molecular formula is C28H31NO2. The maximum Gasteiger partial charge on any atom is 0.135 e. The molecule has 3 nitrogen and oxygen atoms in total. The predicted octanol–water partition coefficient (Wildman–Crippen LogP) is 6.13. The van der Waals surface area contributed by atoms with E-state index in [9.17, 15) is 4.79 Å². The lowest BCUT2D eigenvalue weighted by Crippen LogP contribution is -2.57. The van der Waals surface area contributed by atoms with Gasteiger partial charge in [-0.05, 0) is 96.8 Å². The van der Waals surface area contributed by atoms with Crippen LogP contribution < -0.4 is 0 Å². The van der Waals surface area contributed by atoms with Crippen molar-refractivity contribution < 1.29 is 9.53 Å². The number of carbonyl (C=O) groups excluding carboxylic acids is 1. The number of carbonyl (C=O) groups is 1. The van der Waals surface area contributed by atoms with Crippen LogP contribution in [0.4, 0.5) is 0 Å². The predicted molar refractivity (Wildman–Crippen MR) is 121 cm³/mol. The second-order valence-corrected chi connectivity index (χ2v) is 11.3. The van der Waals surface area contributed by atoms with Crippen molar-refractivity contribution in [1.29, 1.82) is 0 Å². The second kappa shape index (κ2) is 6.07. The molecule has 6 atom stereocenters. The average molecular weight is 414 g/mol. The van der Waals surface area contributed by atoms with Crippen LogP contribution >= 0.6 is 0 Å². The van der Waals surface area contributed by atoms with E-state index in [1.165, 1.54) is 35.6 Å². The lowest BCUT2D eigenvalue weighted by Gasteiger charge is -2.56. The minimum atomic E-state index is -0.155. The number of nitrogens with zero attached hydrogens (tertiary/aromatic N) is 1. The molecule has 1 aromatic heterocycles. The standard InChI is InChI=1S/C28H31NO2/c1-26-10-8-22-15-21-4-5-23(30)16-27(21)11-12-28(22,31-27)25(26)7-6-24(26)19-3-2-18-9-13-29-17-20(18)14-19/h2-3,8-9,13-14,17,21,24-25H,4-7,10-12,15-16H2,1H3/t21?,24?,25-,26?,27-,28-/m1/s1. The molecule has 2 saturated carbocycles. The number of fused-ring (bicyclic) bond motifs is 2. The summed E-state index contributed by atoms with van der Waals surface area (Å²) in [5.41, 5.74) is 3.02. The van der Waals surface area contributed by atoms with E-state index in [4.69, 9.17) is 4.74 Å². The van der Waals surface area contributed by atoms with E-state index in [0.29, 0.717) is 30.0 Å². The molecular weight excluding hydrogens is 382 g/mol. The molecule has 3 unspecified atom stereocenters. The van der Waals surface area contributed by atoms with Gasteiger partial charge in [0.15, 0.2) is 0 Å². The van der Waals surface area contributed by atoms with Crippen LogP contribution in [-0.2, 0) is 9.53 Å². The van der Waals surface area contributed by atoms with Crippen molar-refractivity contribution in [1.82, 2.24) is 4.98 Å². The van der Waals surface area contributed by atoms with Gasteiger partial charge in [0.2, 0.25) is 0 Å². The van der Waals surface area contributed by atoms with Gasteiger partial charge in [0, 0.05) is 30.6 Å². The van der Waals surface area contributed by atoms with Crippen molar-refractivity contribution in [3.05, 3.63) is 53.9 Å². The van der Waals surface area contributed by atoms with Crippen molar-refractivity contribution >= 4 is 16.6 Å². The van der Waals surface area contributed by atoms with Gasteiger partial charge in [-0.25, -0.2) is 0 Å². The normalized spacial score (nSPS) is 43.3. The van der Waals surface area contributed by atoms with Crippen molar-refractivity contribution in [2.45, 2.75) is 81.8 Å². The Bertz CT molecular complexity index is 1140. The van der Waals surface area contributed by atoms with Crippen LogP contribution in [-0.4, -0.2) is 22.0 Å². The number of aromatic nitrogens is 1. The maximum absolute atomic E-state index is 12.4. The Balaban J connectivity index is 1.29. The molecule has 5 aliphatic rings. The summed E-state index contributed by atoms with van der Waals surface area (Å²) in [7, 11) is 0. The Labute approximate surface area is 184 Å². The van der Waals surface area contributed by atoms with Gasteiger partial charge in [-0.3, -0.25) is 9.78 Å². The van der Waals surface area contributed by atoms with Gasteiger partial charge < -0.3 is 4.74 Å². The Kier molecular flexibility index (Phi) is 3.63. The summed E-state index contributed by atoms with van der Waals surface area (Å²) in [6, 6.07) is 9.10. The molecule has 1 aromatic carbocycles. The zero-order valence-electron chi connectivity index (χ0n) is 18.4. The van der Waals surface area contributed by atoms with Gasteiger partial charge in [0.05, 0.1) is 11.2 Å². The fraction of sp³-hybridized carbons (Fsp3) is 0.571. The number of hydrogen-bond donors (Lipinski definition) is 0. The molecule has 160 valence electrons. The van der Waals surface area contributed by atoms with E-state index >= 15 is 0 Å². The molecule has 2 saturated heterocycles. The largest absolute Gasteiger partial charge is 0.363 e. The van der Waals surface area contributed by atoms with Gasteiger partial charge in [0.25, 0.3) is 0 Å². The summed E-state index contributed by atoms with van der Waals surface area (Å²) in [4.78, 5) is 16.7. The third-order valence-electron chi connectivity index (χ3n) is 10.1. The fourth-order valence-corrected chi connectivity index (χ4v) is 8.61. The van der Waals surface area contributed by atoms with Crippen LogP contribution in [0.3, 0.4) is 0 Å². The van der Waals surface area contributed by atoms with E-state index in [0.717, 1.165) is 32.1 Å². The summed E-state index contributed by atoms with van der Waals surface area (Å²) in [5.74, 6) is 2.10. The van der Waals surface area contributed by atoms with Crippen molar-refractivity contribution in [2.75, 3.05) is 0 Å². The van der Waals surface area contributed by atoms with Crippen molar-refractivity contribution in [3.8, 4) is 0 Å². The first-order valence-electron chi connectivity index (χ1n) is 12.3. The Hall–Kier alpha value is -2.00. The van der Waals surface area contributed by atoms with Gasteiger partial charge in [-0.1, -0.05) is 25.1 Å². The van der Waals surface area contributed by atoms with Crippen LogP contribution in [0.15, 0.2) is 48.3 Å². The zero-order chi connectivity index (χ0) is 20.8.